The van der Waals surface area contributed by atoms with Crippen LogP contribution in [0, 0.1) is 6.92 Å². The van der Waals surface area contributed by atoms with Gasteiger partial charge in [0.2, 0.25) is 5.91 Å². The minimum Gasteiger partial charge on any atom is -0.325 e. The van der Waals surface area contributed by atoms with Gasteiger partial charge in [0.1, 0.15) is 5.75 Å². The van der Waals surface area contributed by atoms with Crippen molar-refractivity contribution in [2.75, 3.05) is 22.1 Å². The number of benzene rings is 2. The van der Waals surface area contributed by atoms with Crippen LogP contribution in [0.5, 0.6) is 0 Å². The Labute approximate surface area is 166 Å². The van der Waals surface area contributed by atoms with Crippen LogP contribution in [0.3, 0.4) is 0 Å². The predicted molar refractivity (Wildman–Crippen MR) is 112 cm³/mol. The molecule has 2 aromatic rings. The number of unbranched alkanes of at least 4 members (excludes halogenated alkanes) is 2. The number of anilines is 2. The van der Waals surface area contributed by atoms with Crippen molar-refractivity contribution in [1.29, 1.82) is 0 Å². The van der Waals surface area contributed by atoms with E-state index in [-0.39, 0.29) is 11.7 Å². The number of hydrogen-bond acceptors (Lipinski definition) is 4. The Morgan fingerprint density at radius 1 is 0.929 bits per heavy atom. The van der Waals surface area contributed by atoms with Gasteiger partial charge in [-0.2, -0.15) is 0 Å². The maximum absolute atomic E-state index is 12.5. The molecule has 7 heteroatoms. The van der Waals surface area contributed by atoms with E-state index in [0.29, 0.717) is 28.9 Å². The summed E-state index contributed by atoms with van der Waals surface area (Å²) in [5, 5.41) is 5.42. The number of sulfone groups is 1. The monoisotopic (exact) mass is 402 g/mol. The molecule has 0 spiro atoms. The first-order valence-electron chi connectivity index (χ1n) is 9.28. The summed E-state index contributed by atoms with van der Waals surface area (Å²) < 4.78 is 24.1. The molecule has 28 heavy (non-hydrogen) atoms. The van der Waals surface area contributed by atoms with Gasteiger partial charge in [-0.25, -0.2) is 8.42 Å². The summed E-state index contributed by atoms with van der Waals surface area (Å²) in [6, 6.07) is 14.0. The smallest absolute Gasteiger partial charge is 0.256 e. The van der Waals surface area contributed by atoms with Crippen molar-refractivity contribution in [3.05, 3.63) is 59.7 Å². The molecule has 2 amide bonds. The first-order valence-corrected chi connectivity index (χ1v) is 11.1. The van der Waals surface area contributed by atoms with E-state index in [1.807, 2.05) is 25.1 Å². The third-order valence-corrected chi connectivity index (χ3v) is 5.91. The Bertz CT molecular complexity index is 925. The maximum Gasteiger partial charge on any atom is 0.256 e. The fourth-order valence-corrected chi connectivity index (χ4v) is 4.03. The van der Waals surface area contributed by atoms with Crippen LogP contribution in [-0.4, -0.2) is 31.7 Å². The number of amides is 2. The summed E-state index contributed by atoms with van der Waals surface area (Å²) in [7, 11) is -3.44. The zero-order valence-corrected chi connectivity index (χ0v) is 17.0. The lowest BCUT2D eigenvalue weighted by Gasteiger charge is -2.13. The van der Waals surface area contributed by atoms with Crippen molar-refractivity contribution in [2.24, 2.45) is 0 Å². The molecule has 0 aliphatic rings. The minimum atomic E-state index is -3.44. The zero-order valence-electron chi connectivity index (χ0n) is 16.2. The topological polar surface area (TPSA) is 92.3 Å². The molecular weight excluding hydrogens is 376 g/mol. The van der Waals surface area contributed by atoms with E-state index in [4.69, 9.17) is 0 Å². The summed E-state index contributed by atoms with van der Waals surface area (Å²) in [5.74, 6) is -1.45. The minimum absolute atomic E-state index is 0.00671. The lowest BCUT2D eigenvalue weighted by molar-refractivity contribution is -0.113. The summed E-state index contributed by atoms with van der Waals surface area (Å²) >= 11 is 0. The fraction of sp³-hybridized carbons (Fsp3) is 0.333. The van der Waals surface area contributed by atoms with E-state index in [1.54, 1.807) is 37.3 Å². The van der Waals surface area contributed by atoms with Gasteiger partial charge in [0.15, 0.2) is 9.84 Å². The molecule has 2 N–H and O–H groups in total. The lowest BCUT2D eigenvalue weighted by Crippen LogP contribution is -2.25. The van der Waals surface area contributed by atoms with Crippen LogP contribution in [0.4, 0.5) is 11.4 Å². The van der Waals surface area contributed by atoms with Crippen LogP contribution in [0.15, 0.2) is 48.5 Å². The average Bonchev–Trinajstić information content (AvgIpc) is 2.64. The quantitative estimate of drug-likeness (QED) is 0.624. The first kappa shape index (κ1) is 21.6. The summed E-state index contributed by atoms with van der Waals surface area (Å²) in [5.41, 5.74) is 2.08. The standard InChI is InChI=1S/C21H26N2O4S/c1-3-4-8-14-28(26,27)15-20(24)23-19-13-9-12-18(16(19)2)21(25)22-17-10-6-5-7-11-17/h5-7,9-13H,3-4,8,14-15H2,1-2H3,(H,22,25)(H,23,24). The van der Waals surface area contributed by atoms with Crippen LogP contribution < -0.4 is 10.6 Å². The van der Waals surface area contributed by atoms with Crippen molar-refractivity contribution in [3.63, 3.8) is 0 Å². The molecule has 0 saturated heterocycles. The summed E-state index contributed by atoms with van der Waals surface area (Å²) in [6.07, 6.45) is 2.29. The molecule has 0 bridgehead atoms. The molecule has 0 atom stereocenters. The molecule has 0 aliphatic heterocycles. The molecule has 0 heterocycles. The van der Waals surface area contributed by atoms with Crippen molar-refractivity contribution in [3.8, 4) is 0 Å². The lowest BCUT2D eigenvalue weighted by atomic mass is 10.1. The molecule has 2 rings (SSSR count). The van der Waals surface area contributed by atoms with Gasteiger partial charge < -0.3 is 10.6 Å². The maximum atomic E-state index is 12.5. The number of rotatable bonds is 9. The van der Waals surface area contributed by atoms with Gasteiger partial charge in [-0.1, -0.05) is 44.0 Å². The highest BCUT2D eigenvalue weighted by atomic mass is 32.2. The van der Waals surface area contributed by atoms with Gasteiger partial charge in [-0.15, -0.1) is 0 Å². The summed E-state index contributed by atoms with van der Waals surface area (Å²) in [6.45, 7) is 3.70. The Kier molecular flexibility index (Phi) is 7.75. The molecule has 0 unspecified atom stereocenters. The fourth-order valence-electron chi connectivity index (χ4n) is 2.77. The van der Waals surface area contributed by atoms with E-state index in [0.717, 1.165) is 12.8 Å². The van der Waals surface area contributed by atoms with Crippen LogP contribution in [0.1, 0.15) is 42.1 Å². The second kappa shape index (κ2) is 10.0. The van der Waals surface area contributed by atoms with E-state index in [9.17, 15) is 18.0 Å². The van der Waals surface area contributed by atoms with Crippen LogP contribution in [-0.2, 0) is 14.6 Å². The second-order valence-electron chi connectivity index (χ2n) is 6.65. The van der Waals surface area contributed by atoms with Gasteiger partial charge in [0, 0.05) is 16.9 Å². The molecular formula is C21H26N2O4S. The van der Waals surface area contributed by atoms with Crippen molar-refractivity contribution < 1.29 is 18.0 Å². The van der Waals surface area contributed by atoms with Gasteiger partial charge in [-0.3, -0.25) is 9.59 Å². The Morgan fingerprint density at radius 3 is 2.32 bits per heavy atom. The number of carbonyl (C=O) groups is 2. The van der Waals surface area contributed by atoms with Crippen LogP contribution >= 0.6 is 0 Å². The normalized spacial score (nSPS) is 11.1. The zero-order chi connectivity index (χ0) is 20.6. The van der Waals surface area contributed by atoms with Crippen molar-refractivity contribution >= 4 is 33.0 Å². The third kappa shape index (κ3) is 6.49. The molecule has 0 radical (unpaired) electrons. The highest BCUT2D eigenvalue weighted by Crippen LogP contribution is 2.20. The molecule has 0 saturated carbocycles. The van der Waals surface area contributed by atoms with Gasteiger partial charge >= 0.3 is 0 Å². The van der Waals surface area contributed by atoms with Crippen LogP contribution in [0.2, 0.25) is 0 Å². The SMILES string of the molecule is CCCCCS(=O)(=O)CC(=O)Nc1cccc(C(=O)Nc2ccccc2)c1C. The highest BCUT2D eigenvalue weighted by molar-refractivity contribution is 7.92. The van der Waals surface area contributed by atoms with E-state index >= 15 is 0 Å². The van der Waals surface area contributed by atoms with E-state index < -0.39 is 21.5 Å². The molecule has 6 nitrogen and oxygen atoms in total. The third-order valence-electron chi connectivity index (χ3n) is 4.29. The number of para-hydroxylation sites is 1. The van der Waals surface area contributed by atoms with Crippen molar-refractivity contribution in [2.45, 2.75) is 33.1 Å². The van der Waals surface area contributed by atoms with Crippen LogP contribution in [0.25, 0.3) is 0 Å². The molecule has 2 aromatic carbocycles. The number of hydrogen-bond donors (Lipinski definition) is 2. The summed E-state index contributed by atoms with van der Waals surface area (Å²) in [4.78, 5) is 24.7. The average molecular weight is 403 g/mol. The predicted octanol–water partition coefficient (Wildman–Crippen LogP) is 3.79. The molecule has 150 valence electrons. The number of nitrogens with one attached hydrogen (secondary N) is 2. The number of carbonyl (C=O) groups excluding carboxylic acids is 2. The van der Waals surface area contributed by atoms with Gasteiger partial charge in [0.25, 0.3) is 5.91 Å². The largest absolute Gasteiger partial charge is 0.325 e. The second-order valence-corrected chi connectivity index (χ2v) is 8.83. The molecule has 0 fully saturated rings. The molecule has 0 aliphatic carbocycles. The van der Waals surface area contributed by atoms with Gasteiger partial charge in [0.05, 0.1) is 5.75 Å². The van der Waals surface area contributed by atoms with E-state index in [2.05, 4.69) is 10.6 Å². The Hall–Kier alpha value is -2.67. The van der Waals surface area contributed by atoms with Crippen molar-refractivity contribution in [1.82, 2.24) is 0 Å². The Balaban J connectivity index is 2.06. The van der Waals surface area contributed by atoms with Gasteiger partial charge in [-0.05, 0) is 43.2 Å². The molecule has 0 aromatic heterocycles. The first-order chi connectivity index (χ1) is 13.3. The Morgan fingerprint density at radius 2 is 1.64 bits per heavy atom. The highest BCUT2D eigenvalue weighted by Gasteiger charge is 2.18. The van der Waals surface area contributed by atoms with E-state index in [1.165, 1.54) is 0 Å².